The van der Waals surface area contributed by atoms with E-state index in [-0.39, 0.29) is 0 Å². The highest BCUT2D eigenvalue weighted by Crippen LogP contribution is 1.88. The Hall–Kier alpha value is -0.770. The van der Waals surface area contributed by atoms with Crippen LogP contribution in [0.4, 0.5) is 0 Å². The molecule has 0 amide bonds. The molecule has 0 aliphatic carbocycles. The summed E-state index contributed by atoms with van der Waals surface area (Å²) >= 11 is 0. The lowest BCUT2D eigenvalue weighted by molar-refractivity contribution is 0.143. The summed E-state index contributed by atoms with van der Waals surface area (Å²) in [6.45, 7) is 8.83. The van der Waals surface area contributed by atoms with Crippen LogP contribution in [0.2, 0.25) is 0 Å². The highest BCUT2D eigenvalue weighted by Gasteiger charge is 1.98. The fraction of sp³-hybridized carbons (Fsp3) is 0.909. The van der Waals surface area contributed by atoms with E-state index < -0.39 is 0 Å². The van der Waals surface area contributed by atoms with E-state index in [0.717, 1.165) is 38.6 Å². The van der Waals surface area contributed by atoms with Gasteiger partial charge in [-0.05, 0) is 33.6 Å². The van der Waals surface area contributed by atoms with E-state index in [1.807, 2.05) is 6.92 Å². The molecule has 0 unspecified atom stereocenters. The minimum atomic E-state index is 0.416. The Balaban J connectivity index is 3.39. The summed E-state index contributed by atoms with van der Waals surface area (Å²) in [6, 6.07) is 0.416. The Morgan fingerprint density at radius 2 is 2.07 bits per heavy atom. The van der Waals surface area contributed by atoms with Gasteiger partial charge >= 0.3 is 0 Å². The SMILES string of the molecule is CCOCCCCNC(=NC)NC(C)C. The van der Waals surface area contributed by atoms with Gasteiger partial charge in [-0.3, -0.25) is 4.99 Å². The molecule has 0 aliphatic heterocycles. The maximum atomic E-state index is 5.26. The molecular weight excluding hydrogens is 190 g/mol. The van der Waals surface area contributed by atoms with Gasteiger partial charge in [0.25, 0.3) is 0 Å². The van der Waals surface area contributed by atoms with Gasteiger partial charge in [-0.25, -0.2) is 0 Å². The Morgan fingerprint density at radius 3 is 2.60 bits per heavy atom. The lowest BCUT2D eigenvalue weighted by atomic mass is 10.3. The van der Waals surface area contributed by atoms with Gasteiger partial charge in [0.05, 0.1) is 0 Å². The van der Waals surface area contributed by atoms with Crippen molar-refractivity contribution < 1.29 is 4.74 Å². The number of rotatable bonds is 7. The van der Waals surface area contributed by atoms with Crippen LogP contribution in [-0.2, 0) is 4.74 Å². The lowest BCUT2D eigenvalue weighted by Gasteiger charge is -2.14. The standard InChI is InChI=1S/C11H25N3O/c1-5-15-9-7-6-8-13-11(12-4)14-10(2)3/h10H,5-9H2,1-4H3,(H2,12,13,14). The van der Waals surface area contributed by atoms with Crippen LogP contribution >= 0.6 is 0 Å². The van der Waals surface area contributed by atoms with Gasteiger partial charge in [0.2, 0.25) is 0 Å². The molecule has 0 fully saturated rings. The van der Waals surface area contributed by atoms with Crippen molar-refractivity contribution in [1.82, 2.24) is 10.6 Å². The van der Waals surface area contributed by atoms with E-state index in [4.69, 9.17) is 4.74 Å². The Kier molecular flexibility index (Phi) is 9.27. The van der Waals surface area contributed by atoms with Crippen LogP contribution in [0.3, 0.4) is 0 Å². The van der Waals surface area contributed by atoms with E-state index in [1.54, 1.807) is 7.05 Å². The van der Waals surface area contributed by atoms with Gasteiger partial charge < -0.3 is 15.4 Å². The molecule has 0 rings (SSSR count). The first-order valence-corrected chi connectivity index (χ1v) is 5.75. The molecule has 0 bridgehead atoms. The number of unbranched alkanes of at least 4 members (excludes halogenated alkanes) is 1. The third-order valence-electron chi connectivity index (χ3n) is 1.86. The maximum Gasteiger partial charge on any atom is 0.191 e. The van der Waals surface area contributed by atoms with Crippen LogP contribution < -0.4 is 10.6 Å². The van der Waals surface area contributed by atoms with Gasteiger partial charge in [0, 0.05) is 32.8 Å². The molecule has 4 heteroatoms. The van der Waals surface area contributed by atoms with Gasteiger partial charge in [-0.2, -0.15) is 0 Å². The minimum Gasteiger partial charge on any atom is -0.382 e. The predicted octanol–water partition coefficient (Wildman–Crippen LogP) is 1.38. The Bertz CT molecular complexity index is 169. The normalized spacial score (nSPS) is 11.9. The van der Waals surface area contributed by atoms with Crippen molar-refractivity contribution >= 4 is 5.96 Å². The monoisotopic (exact) mass is 215 g/mol. The number of nitrogens with one attached hydrogen (secondary N) is 2. The van der Waals surface area contributed by atoms with Gasteiger partial charge in [-0.15, -0.1) is 0 Å². The summed E-state index contributed by atoms with van der Waals surface area (Å²) in [5, 5.41) is 6.50. The van der Waals surface area contributed by atoms with Crippen molar-refractivity contribution in [2.45, 2.75) is 39.7 Å². The third kappa shape index (κ3) is 9.53. The second-order valence-corrected chi connectivity index (χ2v) is 3.70. The average Bonchev–Trinajstić information content (AvgIpc) is 2.20. The first kappa shape index (κ1) is 14.2. The van der Waals surface area contributed by atoms with Gasteiger partial charge in [0.1, 0.15) is 0 Å². The fourth-order valence-electron chi connectivity index (χ4n) is 1.15. The molecule has 0 aromatic rings. The number of nitrogens with zero attached hydrogens (tertiary/aromatic N) is 1. The van der Waals surface area contributed by atoms with Gasteiger partial charge in [0.15, 0.2) is 5.96 Å². The lowest BCUT2D eigenvalue weighted by Crippen LogP contribution is -2.41. The number of hydrogen-bond acceptors (Lipinski definition) is 2. The van der Waals surface area contributed by atoms with E-state index in [9.17, 15) is 0 Å². The van der Waals surface area contributed by atoms with Crippen molar-refractivity contribution in [3.8, 4) is 0 Å². The van der Waals surface area contributed by atoms with E-state index in [1.165, 1.54) is 0 Å². The van der Waals surface area contributed by atoms with Gasteiger partial charge in [-0.1, -0.05) is 0 Å². The number of hydrogen-bond donors (Lipinski definition) is 2. The second kappa shape index (κ2) is 9.77. The zero-order chi connectivity index (χ0) is 11.5. The largest absolute Gasteiger partial charge is 0.382 e. The maximum absolute atomic E-state index is 5.26. The highest BCUT2D eigenvalue weighted by molar-refractivity contribution is 5.79. The summed E-state index contributed by atoms with van der Waals surface area (Å²) in [7, 11) is 1.79. The first-order valence-electron chi connectivity index (χ1n) is 5.75. The molecule has 0 heterocycles. The predicted molar refractivity (Wildman–Crippen MR) is 65.4 cm³/mol. The quantitative estimate of drug-likeness (QED) is 0.383. The van der Waals surface area contributed by atoms with Crippen LogP contribution in [0.25, 0.3) is 0 Å². The van der Waals surface area contributed by atoms with Crippen LogP contribution in [0.1, 0.15) is 33.6 Å². The number of aliphatic imine (C=N–C) groups is 1. The van der Waals surface area contributed by atoms with Crippen molar-refractivity contribution in [1.29, 1.82) is 0 Å². The average molecular weight is 215 g/mol. The molecule has 0 aromatic heterocycles. The smallest absolute Gasteiger partial charge is 0.191 e. The molecule has 4 nitrogen and oxygen atoms in total. The molecule has 0 atom stereocenters. The molecule has 0 aromatic carbocycles. The summed E-state index contributed by atoms with van der Waals surface area (Å²) in [6.07, 6.45) is 2.21. The zero-order valence-electron chi connectivity index (χ0n) is 10.5. The molecule has 0 saturated carbocycles. The van der Waals surface area contributed by atoms with Crippen molar-refractivity contribution in [3.63, 3.8) is 0 Å². The second-order valence-electron chi connectivity index (χ2n) is 3.70. The van der Waals surface area contributed by atoms with E-state index in [0.29, 0.717) is 6.04 Å². The fourth-order valence-corrected chi connectivity index (χ4v) is 1.15. The van der Waals surface area contributed by atoms with Crippen LogP contribution in [0, 0.1) is 0 Å². The Morgan fingerprint density at radius 1 is 1.33 bits per heavy atom. The van der Waals surface area contributed by atoms with E-state index in [2.05, 4.69) is 29.5 Å². The van der Waals surface area contributed by atoms with Crippen LogP contribution in [-0.4, -0.2) is 38.8 Å². The van der Waals surface area contributed by atoms with Crippen molar-refractivity contribution in [3.05, 3.63) is 0 Å². The molecular formula is C11H25N3O. The summed E-state index contributed by atoms with van der Waals surface area (Å²) in [5.74, 6) is 0.876. The van der Waals surface area contributed by atoms with Crippen LogP contribution in [0.15, 0.2) is 4.99 Å². The molecule has 2 N–H and O–H groups in total. The van der Waals surface area contributed by atoms with E-state index >= 15 is 0 Å². The molecule has 0 spiro atoms. The topological polar surface area (TPSA) is 45.6 Å². The summed E-state index contributed by atoms with van der Waals surface area (Å²) in [4.78, 5) is 4.13. The number of ether oxygens (including phenoxy) is 1. The zero-order valence-corrected chi connectivity index (χ0v) is 10.5. The first-order chi connectivity index (χ1) is 7.20. The van der Waals surface area contributed by atoms with Crippen LogP contribution in [0.5, 0.6) is 0 Å². The molecule has 90 valence electrons. The summed E-state index contributed by atoms with van der Waals surface area (Å²) < 4.78 is 5.26. The van der Waals surface area contributed by atoms with Crippen molar-refractivity contribution in [2.24, 2.45) is 4.99 Å². The highest BCUT2D eigenvalue weighted by atomic mass is 16.5. The molecule has 0 radical (unpaired) electrons. The van der Waals surface area contributed by atoms with Crippen molar-refractivity contribution in [2.75, 3.05) is 26.8 Å². The molecule has 0 saturated heterocycles. The third-order valence-corrected chi connectivity index (χ3v) is 1.86. The number of guanidine groups is 1. The minimum absolute atomic E-state index is 0.416. The summed E-state index contributed by atoms with van der Waals surface area (Å²) in [5.41, 5.74) is 0. The molecule has 15 heavy (non-hydrogen) atoms. The Labute approximate surface area is 93.5 Å². The molecule has 0 aliphatic rings.